The van der Waals surface area contributed by atoms with Crippen molar-refractivity contribution in [3.8, 4) is 0 Å². The van der Waals surface area contributed by atoms with E-state index in [9.17, 15) is 9.59 Å². The van der Waals surface area contributed by atoms with Crippen molar-refractivity contribution in [1.82, 2.24) is 14.9 Å². The van der Waals surface area contributed by atoms with Crippen molar-refractivity contribution in [1.29, 1.82) is 0 Å². The Balaban J connectivity index is 1.55. The molecule has 0 radical (unpaired) electrons. The van der Waals surface area contributed by atoms with Gasteiger partial charge in [0.25, 0.3) is 5.56 Å². The summed E-state index contributed by atoms with van der Waals surface area (Å²) in [5.41, 5.74) is 1.14. The van der Waals surface area contributed by atoms with E-state index in [1.807, 2.05) is 0 Å². The smallest absolute Gasteiger partial charge is 0.263 e. The van der Waals surface area contributed by atoms with E-state index >= 15 is 0 Å². The summed E-state index contributed by atoms with van der Waals surface area (Å²) in [5, 5.41) is 4.11. The molecule has 0 saturated carbocycles. The average molecular weight is 402 g/mol. The number of nitrogens with zero attached hydrogens (tertiary/aromatic N) is 2. The average Bonchev–Trinajstić information content (AvgIpc) is 3.37. The third-order valence-electron chi connectivity index (χ3n) is 4.47. The van der Waals surface area contributed by atoms with Crippen molar-refractivity contribution in [2.24, 2.45) is 0 Å². The van der Waals surface area contributed by atoms with Crippen molar-refractivity contribution in [3.05, 3.63) is 57.6 Å². The maximum absolute atomic E-state index is 13.0. The Hall–Kier alpha value is -2.32. The molecule has 27 heavy (non-hydrogen) atoms. The van der Waals surface area contributed by atoms with Crippen LogP contribution in [0.1, 0.15) is 22.6 Å². The summed E-state index contributed by atoms with van der Waals surface area (Å²) in [5.74, 6) is 0.745. The highest BCUT2D eigenvalue weighted by Gasteiger charge is 2.23. The third-order valence-corrected chi connectivity index (χ3v) is 6.64. The number of hydrogen-bond donors (Lipinski definition) is 1. The van der Waals surface area contributed by atoms with Gasteiger partial charge in [0.15, 0.2) is 5.16 Å². The minimum atomic E-state index is -0.135. The molecule has 0 fully saturated rings. The Morgan fingerprint density at radius 1 is 1.48 bits per heavy atom. The minimum Gasteiger partial charge on any atom is -0.467 e. The van der Waals surface area contributed by atoms with Gasteiger partial charge in [-0.05, 0) is 37.0 Å². The molecule has 1 aliphatic carbocycles. The molecule has 6 nitrogen and oxygen atoms in total. The second-order valence-corrected chi connectivity index (χ2v) is 8.31. The van der Waals surface area contributed by atoms with E-state index in [4.69, 9.17) is 9.40 Å². The zero-order chi connectivity index (χ0) is 18.8. The van der Waals surface area contributed by atoms with E-state index in [-0.39, 0.29) is 17.2 Å². The maximum Gasteiger partial charge on any atom is 0.263 e. The number of thiophene rings is 1. The molecule has 1 amide bonds. The van der Waals surface area contributed by atoms with Crippen molar-refractivity contribution in [2.45, 2.75) is 37.5 Å². The first-order chi connectivity index (χ1) is 13.2. The van der Waals surface area contributed by atoms with Crippen LogP contribution in [0.15, 0.2) is 45.4 Å². The van der Waals surface area contributed by atoms with Gasteiger partial charge >= 0.3 is 0 Å². The first-order valence-corrected chi connectivity index (χ1v) is 10.6. The maximum atomic E-state index is 13.0. The van der Waals surface area contributed by atoms with Crippen LogP contribution in [0, 0.1) is 0 Å². The molecule has 4 rings (SSSR count). The number of allylic oxidation sites excluding steroid dienone is 1. The Bertz CT molecular complexity index is 1050. The molecule has 0 aromatic carbocycles. The van der Waals surface area contributed by atoms with Crippen LogP contribution >= 0.6 is 23.1 Å². The van der Waals surface area contributed by atoms with E-state index in [0.717, 1.165) is 35.0 Å². The molecular formula is C19H19N3O3S2. The number of aryl methyl sites for hydroxylation is 2. The van der Waals surface area contributed by atoms with Crippen LogP contribution in [0.2, 0.25) is 0 Å². The fourth-order valence-electron chi connectivity index (χ4n) is 3.24. The van der Waals surface area contributed by atoms with E-state index in [2.05, 4.69) is 11.9 Å². The molecule has 140 valence electrons. The number of hydrogen-bond acceptors (Lipinski definition) is 6. The SMILES string of the molecule is C=CCn1c(SCC(=O)NCc2ccco2)nc2sc3c(c2c1=O)CCC3. The predicted molar refractivity (Wildman–Crippen MR) is 107 cm³/mol. The largest absolute Gasteiger partial charge is 0.467 e. The Labute approximate surface area is 164 Å². The quantitative estimate of drug-likeness (QED) is 0.374. The minimum absolute atomic E-state index is 0.0298. The van der Waals surface area contributed by atoms with Crippen molar-refractivity contribution < 1.29 is 9.21 Å². The Morgan fingerprint density at radius 2 is 2.37 bits per heavy atom. The first-order valence-electron chi connectivity index (χ1n) is 8.75. The molecule has 1 aliphatic rings. The van der Waals surface area contributed by atoms with Gasteiger partial charge in [-0.25, -0.2) is 4.98 Å². The van der Waals surface area contributed by atoms with Crippen LogP contribution in [-0.4, -0.2) is 21.2 Å². The lowest BCUT2D eigenvalue weighted by Gasteiger charge is -2.10. The third kappa shape index (κ3) is 3.59. The predicted octanol–water partition coefficient (Wildman–Crippen LogP) is 3.13. The summed E-state index contributed by atoms with van der Waals surface area (Å²) >= 11 is 2.88. The molecule has 0 unspecified atom stereocenters. The normalized spacial score (nSPS) is 13.0. The van der Waals surface area contributed by atoms with Gasteiger partial charge in [0.1, 0.15) is 10.6 Å². The fourth-order valence-corrected chi connectivity index (χ4v) is 5.38. The molecule has 1 N–H and O–H groups in total. The van der Waals surface area contributed by atoms with Gasteiger partial charge in [-0.2, -0.15) is 0 Å². The number of thioether (sulfide) groups is 1. The summed E-state index contributed by atoms with van der Waals surface area (Å²) in [4.78, 5) is 31.9. The summed E-state index contributed by atoms with van der Waals surface area (Å²) in [6.07, 6.45) is 6.32. The molecule has 3 heterocycles. The second-order valence-electron chi connectivity index (χ2n) is 6.28. The van der Waals surface area contributed by atoms with E-state index in [1.54, 1.807) is 40.4 Å². The molecule has 0 atom stereocenters. The zero-order valence-corrected chi connectivity index (χ0v) is 16.3. The Morgan fingerprint density at radius 3 is 3.15 bits per heavy atom. The van der Waals surface area contributed by atoms with E-state index in [1.165, 1.54) is 16.6 Å². The highest BCUT2D eigenvalue weighted by atomic mass is 32.2. The van der Waals surface area contributed by atoms with E-state index in [0.29, 0.717) is 24.0 Å². The van der Waals surface area contributed by atoms with Crippen LogP contribution in [0.5, 0.6) is 0 Å². The fraction of sp³-hybridized carbons (Fsp3) is 0.316. The summed E-state index contributed by atoms with van der Waals surface area (Å²) in [6.45, 7) is 4.47. The van der Waals surface area contributed by atoms with Gasteiger partial charge < -0.3 is 9.73 Å². The number of nitrogens with one attached hydrogen (secondary N) is 1. The molecule has 8 heteroatoms. The summed E-state index contributed by atoms with van der Waals surface area (Å²) in [7, 11) is 0. The Kier molecular flexibility index (Phi) is 5.18. The van der Waals surface area contributed by atoms with Crippen LogP contribution in [0.3, 0.4) is 0 Å². The number of fused-ring (bicyclic) bond motifs is 3. The molecule has 0 spiro atoms. The van der Waals surface area contributed by atoms with Gasteiger partial charge in [0.05, 0.1) is 23.9 Å². The van der Waals surface area contributed by atoms with Gasteiger partial charge in [-0.1, -0.05) is 17.8 Å². The van der Waals surface area contributed by atoms with Crippen molar-refractivity contribution >= 4 is 39.2 Å². The lowest BCUT2D eigenvalue weighted by atomic mass is 10.2. The van der Waals surface area contributed by atoms with Crippen LogP contribution < -0.4 is 10.9 Å². The van der Waals surface area contributed by atoms with Gasteiger partial charge in [-0.15, -0.1) is 17.9 Å². The van der Waals surface area contributed by atoms with Gasteiger partial charge in [-0.3, -0.25) is 14.2 Å². The molecule has 3 aromatic rings. The zero-order valence-electron chi connectivity index (χ0n) is 14.7. The number of rotatable bonds is 7. The molecule has 3 aromatic heterocycles. The van der Waals surface area contributed by atoms with Gasteiger partial charge in [0.2, 0.25) is 5.91 Å². The lowest BCUT2D eigenvalue weighted by Crippen LogP contribution is -2.26. The molecular weight excluding hydrogens is 382 g/mol. The van der Waals surface area contributed by atoms with Gasteiger partial charge in [0, 0.05) is 11.4 Å². The van der Waals surface area contributed by atoms with Crippen LogP contribution in [0.4, 0.5) is 0 Å². The number of carbonyl (C=O) groups excluding carboxylic acids is 1. The highest BCUT2D eigenvalue weighted by molar-refractivity contribution is 7.99. The molecule has 0 saturated heterocycles. The lowest BCUT2D eigenvalue weighted by molar-refractivity contribution is -0.118. The monoisotopic (exact) mass is 401 g/mol. The van der Waals surface area contributed by atoms with Crippen molar-refractivity contribution in [2.75, 3.05) is 5.75 Å². The number of carbonyl (C=O) groups is 1. The molecule has 0 bridgehead atoms. The van der Waals surface area contributed by atoms with E-state index < -0.39 is 0 Å². The summed E-state index contributed by atoms with van der Waals surface area (Å²) < 4.78 is 6.82. The standard InChI is InChI=1S/C19H19N3O3S2/c1-2-8-22-18(24)16-13-6-3-7-14(13)27-17(16)21-19(22)26-11-15(23)20-10-12-5-4-9-25-12/h2,4-5,9H,1,3,6-8,10-11H2,(H,20,23). The van der Waals surface area contributed by atoms with Crippen molar-refractivity contribution in [3.63, 3.8) is 0 Å². The number of aromatic nitrogens is 2. The van der Waals surface area contributed by atoms with Crippen LogP contribution in [0.25, 0.3) is 10.2 Å². The highest BCUT2D eigenvalue weighted by Crippen LogP contribution is 2.35. The topological polar surface area (TPSA) is 77.1 Å². The first kappa shape index (κ1) is 18.1. The number of amides is 1. The molecule has 0 aliphatic heterocycles. The van der Waals surface area contributed by atoms with Crippen LogP contribution in [-0.2, 0) is 30.7 Å². The number of furan rings is 1. The summed E-state index contributed by atoms with van der Waals surface area (Å²) in [6, 6.07) is 3.59. The second kappa shape index (κ2) is 7.74.